The third-order valence-electron chi connectivity index (χ3n) is 3.93. The molecule has 0 aliphatic carbocycles. The Morgan fingerprint density at radius 2 is 1.87 bits per heavy atom. The van der Waals surface area contributed by atoms with Crippen LogP contribution in [0.5, 0.6) is 0 Å². The van der Waals surface area contributed by atoms with E-state index in [0.29, 0.717) is 24.3 Å². The number of fused-ring (bicyclic) bond motifs is 1. The Bertz CT molecular complexity index is 743. The van der Waals surface area contributed by atoms with E-state index in [0.717, 1.165) is 12.0 Å². The maximum Gasteiger partial charge on any atom is 0.338 e. The number of carbonyl (C=O) groups is 2. The van der Waals surface area contributed by atoms with Gasteiger partial charge in [-0.3, -0.25) is 4.79 Å². The summed E-state index contributed by atoms with van der Waals surface area (Å²) in [7, 11) is 0. The van der Waals surface area contributed by atoms with Gasteiger partial charge in [0.1, 0.15) is 0 Å². The van der Waals surface area contributed by atoms with E-state index >= 15 is 0 Å². The summed E-state index contributed by atoms with van der Waals surface area (Å²) >= 11 is 0. The molecule has 118 valence electrons. The van der Waals surface area contributed by atoms with Crippen LogP contribution in [0.1, 0.15) is 21.5 Å². The van der Waals surface area contributed by atoms with Crippen LogP contribution in [0.2, 0.25) is 0 Å². The molecular weight excluding hydrogens is 292 g/mol. The third kappa shape index (κ3) is 3.51. The molecule has 23 heavy (non-hydrogen) atoms. The summed E-state index contributed by atoms with van der Waals surface area (Å²) in [5.74, 6) is -0.722. The van der Waals surface area contributed by atoms with Crippen LogP contribution in [0.15, 0.2) is 48.5 Å². The van der Waals surface area contributed by atoms with Crippen molar-refractivity contribution in [2.75, 3.05) is 18.9 Å². The number of anilines is 1. The normalized spacial score (nSPS) is 13.3. The number of carbonyl (C=O) groups excluding carboxylic acids is 2. The number of nitrogens with two attached hydrogens (primary N) is 1. The fourth-order valence-corrected chi connectivity index (χ4v) is 2.68. The first-order chi connectivity index (χ1) is 11.1. The molecule has 0 bridgehead atoms. The van der Waals surface area contributed by atoms with Gasteiger partial charge >= 0.3 is 5.97 Å². The first-order valence-corrected chi connectivity index (χ1v) is 7.51. The van der Waals surface area contributed by atoms with Crippen molar-refractivity contribution in [2.45, 2.75) is 13.0 Å². The third-order valence-corrected chi connectivity index (χ3v) is 3.93. The van der Waals surface area contributed by atoms with Gasteiger partial charge in [-0.25, -0.2) is 4.79 Å². The van der Waals surface area contributed by atoms with Crippen molar-refractivity contribution in [1.82, 2.24) is 4.90 Å². The lowest BCUT2D eigenvalue weighted by Gasteiger charge is -2.28. The highest BCUT2D eigenvalue weighted by Crippen LogP contribution is 2.18. The Morgan fingerprint density at radius 3 is 2.65 bits per heavy atom. The molecule has 0 aromatic heterocycles. The van der Waals surface area contributed by atoms with Gasteiger partial charge in [-0.1, -0.05) is 30.3 Å². The number of amides is 1. The highest BCUT2D eigenvalue weighted by atomic mass is 16.5. The summed E-state index contributed by atoms with van der Waals surface area (Å²) < 4.78 is 5.10. The number of hydrogen-bond acceptors (Lipinski definition) is 4. The second kappa shape index (κ2) is 6.52. The second-order valence-electron chi connectivity index (χ2n) is 5.54. The van der Waals surface area contributed by atoms with E-state index in [9.17, 15) is 9.59 Å². The minimum Gasteiger partial charge on any atom is -0.452 e. The first kappa shape index (κ1) is 15.1. The molecule has 2 N–H and O–H groups in total. The molecule has 0 saturated carbocycles. The molecule has 2 aromatic rings. The predicted octanol–water partition coefficient (Wildman–Crippen LogP) is 2.01. The monoisotopic (exact) mass is 310 g/mol. The molecule has 1 aliphatic rings. The Hall–Kier alpha value is -2.82. The SMILES string of the molecule is Nc1cccc(C(=O)OCC(=O)N2CCc3ccccc3C2)c1. The summed E-state index contributed by atoms with van der Waals surface area (Å²) in [6.07, 6.45) is 0.824. The highest BCUT2D eigenvalue weighted by molar-refractivity contribution is 5.92. The molecule has 0 radical (unpaired) electrons. The van der Waals surface area contributed by atoms with Gasteiger partial charge in [-0.2, -0.15) is 0 Å². The lowest BCUT2D eigenvalue weighted by Crippen LogP contribution is -2.38. The molecule has 0 unspecified atom stereocenters. The van der Waals surface area contributed by atoms with Gasteiger partial charge < -0.3 is 15.4 Å². The molecule has 0 spiro atoms. The summed E-state index contributed by atoms with van der Waals surface area (Å²) in [5.41, 5.74) is 8.88. The Labute approximate surface area is 134 Å². The van der Waals surface area contributed by atoms with Gasteiger partial charge in [0, 0.05) is 18.8 Å². The zero-order chi connectivity index (χ0) is 16.2. The van der Waals surface area contributed by atoms with Crippen LogP contribution in [0.4, 0.5) is 5.69 Å². The predicted molar refractivity (Wildman–Crippen MR) is 86.7 cm³/mol. The molecule has 5 heteroatoms. The second-order valence-corrected chi connectivity index (χ2v) is 5.54. The number of benzene rings is 2. The van der Waals surface area contributed by atoms with Gasteiger partial charge in [0.05, 0.1) is 5.56 Å². The molecule has 5 nitrogen and oxygen atoms in total. The van der Waals surface area contributed by atoms with Crippen molar-refractivity contribution in [2.24, 2.45) is 0 Å². The van der Waals surface area contributed by atoms with E-state index in [1.54, 1.807) is 23.1 Å². The number of nitrogen functional groups attached to an aromatic ring is 1. The fraction of sp³-hybridized carbons (Fsp3) is 0.222. The quantitative estimate of drug-likeness (QED) is 0.695. The largest absolute Gasteiger partial charge is 0.452 e. The molecule has 1 amide bonds. The van der Waals surface area contributed by atoms with Crippen LogP contribution in [0.25, 0.3) is 0 Å². The van der Waals surface area contributed by atoms with E-state index in [2.05, 4.69) is 6.07 Å². The van der Waals surface area contributed by atoms with E-state index < -0.39 is 5.97 Å². The number of nitrogens with zero attached hydrogens (tertiary/aromatic N) is 1. The smallest absolute Gasteiger partial charge is 0.338 e. The maximum absolute atomic E-state index is 12.2. The maximum atomic E-state index is 12.2. The molecule has 0 saturated heterocycles. The van der Waals surface area contributed by atoms with Gasteiger partial charge in [0.25, 0.3) is 5.91 Å². The fourth-order valence-electron chi connectivity index (χ4n) is 2.68. The minimum atomic E-state index is -0.539. The van der Waals surface area contributed by atoms with Crippen molar-refractivity contribution in [3.63, 3.8) is 0 Å². The summed E-state index contributed by atoms with van der Waals surface area (Å²) in [6.45, 7) is 0.951. The molecule has 1 heterocycles. The Morgan fingerprint density at radius 1 is 1.09 bits per heavy atom. The van der Waals surface area contributed by atoms with Crippen molar-refractivity contribution in [3.8, 4) is 0 Å². The Kier molecular flexibility index (Phi) is 4.28. The average molecular weight is 310 g/mol. The molecule has 3 rings (SSSR count). The topological polar surface area (TPSA) is 72.6 Å². The first-order valence-electron chi connectivity index (χ1n) is 7.51. The lowest BCUT2D eigenvalue weighted by molar-refractivity contribution is -0.135. The van der Waals surface area contributed by atoms with E-state index in [-0.39, 0.29) is 12.5 Å². The van der Waals surface area contributed by atoms with Gasteiger partial charge in [-0.15, -0.1) is 0 Å². The van der Waals surface area contributed by atoms with Crippen molar-refractivity contribution < 1.29 is 14.3 Å². The van der Waals surface area contributed by atoms with Crippen molar-refractivity contribution >= 4 is 17.6 Å². The summed E-state index contributed by atoms with van der Waals surface area (Å²) in [6, 6.07) is 14.6. The number of ether oxygens (including phenoxy) is 1. The highest BCUT2D eigenvalue weighted by Gasteiger charge is 2.21. The Balaban J connectivity index is 1.57. The van der Waals surface area contributed by atoms with Crippen LogP contribution in [-0.4, -0.2) is 29.9 Å². The average Bonchev–Trinajstić information content (AvgIpc) is 2.59. The summed E-state index contributed by atoms with van der Waals surface area (Å²) in [4.78, 5) is 25.9. The van der Waals surface area contributed by atoms with Crippen LogP contribution in [0, 0.1) is 0 Å². The van der Waals surface area contributed by atoms with E-state index in [1.807, 2.05) is 18.2 Å². The number of hydrogen-bond donors (Lipinski definition) is 1. The minimum absolute atomic E-state index is 0.184. The van der Waals surface area contributed by atoms with Crippen molar-refractivity contribution in [3.05, 3.63) is 65.2 Å². The molecule has 1 aliphatic heterocycles. The van der Waals surface area contributed by atoms with Crippen LogP contribution >= 0.6 is 0 Å². The van der Waals surface area contributed by atoms with Crippen molar-refractivity contribution in [1.29, 1.82) is 0 Å². The van der Waals surface area contributed by atoms with Gasteiger partial charge in [0.15, 0.2) is 6.61 Å². The van der Waals surface area contributed by atoms with Gasteiger partial charge in [0.2, 0.25) is 0 Å². The van der Waals surface area contributed by atoms with E-state index in [4.69, 9.17) is 10.5 Å². The zero-order valence-electron chi connectivity index (χ0n) is 12.7. The van der Waals surface area contributed by atoms with Gasteiger partial charge in [-0.05, 0) is 35.7 Å². The van der Waals surface area contributed by atoms with Crippen LogP contribution < -0.4 is 5.73 Å². The van der Waals surface area contributed by atoms with Crippen LogP contribution in [0.3, 0.4) is 0 Å². The van der Waals surface area contributed by atoms with Crippen LogP contribution in [-0.2, 0) is 22.5 Å². The number of esters is 1. The van der Waals surface area contributed by atoms with E-state index in [1.165, 1.54) is 11.6 Å². The zero-order valence-corrected chi connectivity index (χ0v) is 12.7. The molecule has 0 fully saturated rings. The number of rotatable bonds is 3. The molecular formula is C18H18N2O3. The molecule has 2 aromatic carbocycles. The standard InChI is InChI=1S/C18H18N2O3/c19-16-7-3-6-14(10-16)18(22)23-12-17(21)20-9-8-13-4-1-2-5-15(13)11-20/h1-7,10H,8-9,11-12,19H2. The summed E-state index contributed by atoms with van der Waals surface area (Å²) in [5, 5.41) is 0. The lowest BCUT2D eigenvalue weighted by atomic mass is 10.00. The molecule has 0 atom stereocenters.